The zero-order valence-corrected chi connectivity index (χ0v) is 12.7. The van der Waals surface area contributed by atoms with E-state index >= 15 is 0 Å². The van der Waals surface area contributed by atoms with Crippen molar-refractivity contribution >= 4 is 5.91 Å². The number of rotatable bonds is 3. The second kappa shape index (κ2) is 6.23. The maximum absolute atomic E-state index is 12.3. The molecule has 0 bridgehead atoms. The number of hydrogen-bond acceptors (Lipinski definition) is 3. The number of piperazine rings is 1. The molecular weight excluding hydrogens is 238 g/mol. The van der Waals surface area contributed by atoms with Crippen LogP contribution in [0.3, 0.4) is 0 Å². The lowest BCUT2D eigenvalue weighted by Crippen LogP contribution is -2.58. The third-order valence-corrected chi connectivity index (χ3v) is 4.41. The van der Waals surface area contributed by atoms with Crippen LogP contribution in [0.1, 0.15) is 39.5 Å². The molecule has 1 amide bonds. The Hall–Kier alpha value is -0.610. The van der Waals surface area contributed by atoms with Crippen molar-refractivity contribution in [2.24, 2.45) is 5.92 Å². The first-order valence-electron chi connectivity index (χ1n) is 7.68. The zero-order chi connectivity index (χ0) is 13.9. The minimum absolute atomic E-state index is 0.0684. The summed E-state index contributed by atoms with van der Waals surface area (Å²) in [6.07, 6.45) is 4.38. The van der Waals surface area contributed by atoms with E-state index in [1.54, 1.807) is 0 Å². The van der Waals surface area contributed by atoms with Crippen molar-refractivity contribution in [3.05, 3.63) is 0 Å². The van der Waals surface area contributed by atoms with E-state index in [-0.39, 0.29) is 5.54 Å². The highest BCUT2D eigenvalue weighted by atomic mass is 16.2. The molecule has 0 aromatic heterocycles. The lowest BCUT2D eigenvalue weighted by molar-refractivity contribution is -0.133. The minimum atomic E-state index is 0.0684. The average Bonchev–Trinajstić information content (AvgIpc) is 2.35. The fourth-order valence-electron chi connectivity index (χ4n) is 3.35. The highest BCUT2D eigenvalue weighted by Crippen LogP contribution is 2.21. The lowest BCUT2D eigenvalue weighted by Gasteiger charge is -2.39. The summed E-state index contributed by atoms with van der Waals surface area (Å²) in [5.41, 5.74) is 0.0684. The quantitative estimate of drug-likeness (QED) is 0.838. The van der Waals surface area contributed by atoms with E-state index < -0.39 is 0 Å². The standard InChI is InChI=1S/C15H29N3O/c1-15(2)12-18(10-8-16-15)14(19)7-6-13-5-4-9-17(3)11-13/h13,16H,4-12H2,1-3H3. The van der Waals surface area contributed by atoms with Crippen LogP contribution in [0.15, 0.2) is 0 Å². The van der Waals surface area contributed by atoms with Crippen LogP contribution in [0.4, 0.5) is 0 Å². The van der Waals surface area contributed by atoms with E-state index in [0.29, 0.717) is 5.91 Å². The van der Waals surface area contributed by atoms with Gasteiger partial charge in [-0.05, 0) is 52.6 Å². The van der Waals surface area contributed by atoms with Gasteiger partial charge in [0.15, 0.2) is 0 Å². The normalized spacial score (nSPS) is 28.4. The van der Waals surface area contributed by atoms with E-state index in [1.807, 2.05) is 4.90 Å². The molecule has 110 valence electrons. The van der Waals surface area contributed by atoms with Crippen LogP contribution in [-0.2, 0) is 4.79 Å². The fourth-order valence-corrected chi connectivity index (χ4v) is 3.35. The van der Waals surface area contributed by atoms with Crippen molar-refractivity contribution in [2.75, 3.05) is 39.8 Å². The summed E-state index contributed by atoms with van der Waals surface area (Å²) in [5.74, 6) is 1.07. The molecule has 1 N–H and O–H groups in total. The van der Waals surface area contributed by atoms with Gasteiger partial charge in [0.1, 0.15) is 0 Å². The van der Waals surface area contributed by atoms with Gasteiger partial charge in [-0.3, -0.25) is 4.79 Å². The van der Waals surface area contributed by atoms with Gasteiger partial charge >= 0.3 is 0 Å². The van der Waals surface area contributed by atoms with Crippen LogP contribution >= 0.6 is 0 Å². The molecule has 1 unspecified atom stereocenters. The van der Waals surface area contributed by atoms with Gasteiger partial charge < -0.3 is 15.1 Å². The lowest BCUT2D eigenvalue weighted by atomic mass is 9.93. The molecule has 2 saturated heterocycles. The Balaban J connectivity index is 1.74. The number of hydrogen-bond donors (Lipinski definition) is 1. The monoisotopic (exact) mass is 267 g/mol. The molecule has 0 aliphatic carbocycles. The number of nitrogens with one attached hydrogen (secondary N) is 1. The zero-order valence-electron chi connectivity index (χ0n) is 12.7. The summed E-state index contributed by atoms with van der Waals surface area (Å²) in [4.78, 5) is 16.7. The van der Waals surface area contributed by atoms with Crippen LogP contribution in [0.5, 0.6) is 0 Å². The number of carbonyl (C=O) groups excluding carboxylic acids is 1. The molecule has 0 aromatic rings. The molecule has 2 fully saturated rings. The molecule has 0 saturated carbocycles. The van der Waals surface area contributed by atoms with E-state index in [2.05, 4.69) is 31.1 Å². The van der Waals surface area contributed by atoms with Crippen LogP contribution in [-0.4, -0.2) is 61.0 Å². The predicted octanol–water partition coefficient (Wildman–Crippen LogP) is 1.32. The Bertz CT molecular complexity index is 317. The number of amides is 1. The molecule has 0 radical (unpaired) electrons. The average molecular weight is 267 g/mol. The van der Waals surface area contributed by atoms with Crippen molar-refractivity contribution in [3.63, 3.8) is 0 Å². The van der Waals surface area contributed by atoms with E-state index in [1.165, 1.54) is 25.9 Å². The first-order valence-corrected chi connectivity index (χ1v) is 7.68. The Kier molecular flexibility index (Phi) is 4.85. The molecule has 2 heterocycles. The van der Waals surface area contributed by atoms with Gasteiger partial charge in [0, 0.05) is 38.1 Å². The Morgan fingerprint density at radius 3 is 2.84 bits per heavy atom. The molecular formula is C15H29N3O. The number of carbonyl (C=O) groups is 1. The third kappa shape index (κ3) is 4.46. The van der Waals surface area contributed by atoms with Crippen molar-refractivity contribution in [2.45, 2.75) is 45.1 Å². The van der Waals surface area contributed by atoms with Gasteiger partial charge in [-0.25, -0.2) is 0 Å². The predicted molar refractivity (Wildman–Crippen MR) is 78.1 cm³/mol. The minimum Gasteiger partial charge on any atom is -0.340 e. The molecule has 1 atom stereocenters. The molecule has 2 aliphatic rings. The van der Waals surface area contributed by atoms with Gasteiger partial charge in [0.05, 0.1) is 0 Å². The van der Waals surface area contributed by atoms with Crippen molar-refractivity contribution in [1.29, 1.82) is 0 Å². The van der Waals surface area contributed by atoms with Gasteiger partial charge in [-0.2, -0.15) is 0 Å². The van der Waals surface area contributed by atoms with Gasteiger partial charge in [0.25, 0.3) is 0 Å². The smallest absolute Gasteiger partial charge is 0.222 e. The molecule has 2 rings (SSSR count). The summed E-state index contributed by atoms with van der Waals surface area (Å²) in [6.45, 7) is 9.36. The van der Waals surface area contributed by atoms with Gasteiger partial charge in [-0.15, -0.1) is 0 Å². The van der Waals surface area contributed by atoms with Crippen molar-refractivity contribution in [3.8, 4) is 0 Å². The van der Waals surface area contributed by atoms with Crippen LogP contribution in [0.2, 0.25) is 0 Å². The molecule has 0 aromatic carbocycles. The SMILES string of the molecule is CN1CCCC(CCC(=O)N2CCNC(C)(C)C2)C1. The third-order valence-electron chi connectivity index (χ3n) is 4.41. The molecule has 19 heavy (non-hydrogen) atoms. The second-order valence-corrected chi connectivity index (χ2v) is 6.94. The summed E-state index contributed by atoms with van der Waals surface area (Å²) in [6, 6.07) is 0. The summed E-state index contributed by atoms with van der Waals surface area (Å²) in [7, 11) is 2.19. The van der Waals surface area contributed by atoms with E-state index in [4.69, 9.17) is 0 Å². The number of nitrogens with zero attached hydrogens (tertiary/aromatic N) is 2. The first-order chi connectivity index (χ1) is 8.96. The van der Waals surface area contributed by atoms with Crippen LogP contribution in [0, 0.1) is 5.92 Å². The Morgan fingerprint density at radius 2 is 2.16 bits per heavy atom. The number of likely N-dealkylation sites (tertiary alicyclic amines) is 1. The highest BCUT2D eigenvalue weighted by molar-refractivity contribution is 5.76. The van der Waals surface area contributed by atoms with Crippen LogP contribution < -0.4 is 5.32 Å². The summed E-state index contributed by atoms with van der Waals surface area (Å²) >= 11 is 0. The molecule has 4 nitrogen and oxygen atoms in total. The molecule has 2 aliphatic heterocycles. The van der Waals surface area contributed by atoms with E-state index in [9.17, 15) is 4.79 Å². The Labute approximate surface area is 117 Å². The summed E-state index contributed by atoms with van der Waals surface area (Å²) in [5, 5.41) is 3.45. The maximum atomic E-state index is 12.3. The van der Waals surface area contributed by atoms with Crippen molar-refractivity contribution in [1.82, 2.24) is 15.1 Å². The van der Waals surface area contributed by atoms with Gasteiger partial charge in [-0.1, -0.05) is 0 Å². The maximum Gasteiger partial charge on any atom is 0.222 e. The second-order valence-electron chi connectivity index (χ2n) is 6.94. The summed E-state index contributed by atoms with van der Waals surface area (Å²) < 4.78 is 0. The molecule has 4 heteroatoms. The Morgan fingerprint density at radius 1 is 1.37 bits per heavy atom. The van der Waals surface area contributed by atoms with Gasteiger partial charge in [0.2, 0.25) is 5.91 Å². The van der Waals surface area contributed by atoms with Crippen molar-refractivity contribution < 1.29 is 4.79 Å². The number of piperidine rings is 1. The van der Waals surface area contributed by atoms with E-state index in [0.717, 1.165) is 38.4 Å². The fraction of sp³-hybridized carbons (Fsp3) is 0.933. The topological polar surface area (TPSA) is 35.6 Å². The van der Waals surface area contributed by atoms with Crippen LogP contribution in [0.25, 0.3) is 0 Å². The highest BCUT2D eigenvalue weighted by Gasteiger charge is 2.28. The first kappa shape index (κ1) is 14.8. The largest absolute Gasteiger partial charge is 0.340 e. The molecule has 0 spiro atoms.